The molecular weight excluding hydrogens is 283 g/mol. The van der Waals surface area contributed by atoms with Crippen molar-refractivity contribution in [1.82, 2.24) is 0 Å². The van der Waals surface area contributed by atoms with Crippen molar-refractivity contribution < 1.29 is 18.0 Å². The number of carbonyl (C=O) groups is 1. The highest BCUT2D eigenvalue weighted by atomic mass is 19.1. The zero-order valence-electron chi connectivity index (χ0n) is 10.5. The number of nitrogens with one attached hydrogen (secondary N) is 1. The van der Waals surface area contributed by atoms with Gasteiger partial charge in [0.05, 0.1) is 11.3 Å². The van der Waals surface area contributed by atoms with E-state index in [1.165, 1.54) is 0 Å². The fourth-order valence-electron chi connectivity index (χ4n) is 1.66. The molecule has 0 fully saturated rings. The van der Waals surface area contributed by atoms with Crippen LogP contribution >= 0.6 is 0 Å². The SMILES string of the molecule is N#Cc1cc(NC(=O)c2c(F)ccc(N)c2F)ccc1F. The summed E-state index contributed by atoms with van der Waals surface area (Å²) in [4.78, 5) is 11.9. The summed E-state index contributed by atoms with van der Waals surface area (Å²) in [6.07, 6.45) is 0. The van der Waals surface area contributed by atoms with Crippen molar-refractivity contribution in [2.75, 3.05) is 11.1 Å². The predicted octanol–water partition coefficient (Wildman–Crippen LogP) is 2.81. The maximum atomic E-state index is 13.7. The van der Waals surface area contributed by atoms with Gasteiger partial charge in [-0.2, -0.15) is 5.26 Å². The lowest BCUT2D eigenvalue weighted by molar-refractivity contribution is 0.101. The van der Waals surface area contributed by atoms with Crippen LogP contribution in [0, 0.1) is 28.8 Å². The molecule has 0 heterocycles. The van der Waals surface area contributed by atoms with Gasteiger partial charge in [-0.1, -0.05) is 0 Å². The zero-order valence-corrected chi connectivity index (χ0v) is 10.5. The molecule has 0 spiro atoms. The molecule has 3 N–H and O–H groups in total. The Kier molecular flexibility index (Phi) is 3.80. The van der Waals surface area contributed by atoms with Gasteiger partial charge in [0.15, 0.2) is 5.82 Å². The normalized spacial score (nSPS) is 10.0. The number of benzene rings is 2. The number of nitrogen functional groups attached to an aromatic ring is 1. The molecule has 0 aliphatic rings. The summed E-state index contributed by atoms with van der Waals surface area (Å²) < 4.78 is 40.4. The number of nitrogens with two attached hydrogens (primary N) is 1. The first kappa shape index (κ1) is 14.4. The Labute approximate surface area is 117 Å². The Balaban J connectivity index is 2.35. The van der Waals surface area contributed by atoms with Crippen molar-refractivity contribution in [2.24, 2.45) is 0 Å². The summed E-state index contributed by atoms with van der Waals surface area (Å²) in [6.45, 7) is 0. The summed E-state index contributed by atoms with van der Waals surface area (Å²) in [7, 11) is 0. The molecule has 21 heavy (non-hydrogen) atoms. The molecule has 0 aliphatic heterocycles. The molecular formula is C14H8F3N3O. The third-order valence-electron chi connectivity index (χ3n) is 2.69. The van der Waals surface area contributed by atoms with Gasteiger partial charge in [0.25, 0.3) is 5.91 Å². The van der Waals surface area contributed by atoms with Crippen LogP contribution in [0.25, 0.3) is 0 Å². The van der Waals surface area contributed by atoms with E-state index in [2.05, 4.69) is 5.32 Å². The van der Waals surface area contributed by atoms with Crippen LogP contribution in [0.5, 0.6) is 0 Å². The third kappa shape index (κ3) is 2.79. The molecule has 7 heteroatoms. The van der Waals surface area contributed by atoms with E-state index in [1.807, 2.05) is 0 Å². The topological polar surface area (TPSA) is 78.9 Å². The Morgan fingerprint density at radius 3 is 2.48 bits per heavy atom. The van der Waals surface area contributed by atoms with Crippen LogP contribution in [0.15, 0.2) is 30.3 Å². The van der Waals surface area contributed by atoms with Crippen LogP contribution in [0.1, 0.15) is 15.9 Å². The molecule has 0 saturated heterocycles. The quantitative estimate of drug-likeness (QED) is 0.835. The molecule has 0 atom stereocenters. The molecule has 0 aromatic heterocycles. The molecule has 1 amide bonds. The molecule has 0 unspecified atom stereocenters. The Morgan fingerprint density at radius 1 is 1.14 bits per heavy atom. The van der Waals surface area contributed by atoms with Gasteiger partial charge in [-0.3, -0.25) is 4.79 Å². The predicted molar refractivity (Wildman–Crippen MR) is 69.8 cm³/mol. The van der Waals surface area contributed by atoms with Crippen LogP contribution in [0.4, 0.5) is 24.5 Å². The summed E-state index contributed by atoms with van der Waals surface area (Å²) in [5.41, 5.74) is 3.77. The van der Waals surface area contributed by atoms with Crippen molar-refractivity contribution in [3.63, 3.8) is 0 Å². The highest BCUT2D eigenvalue weighted by molar-refractivity contribution is 6.05. The number of halogens is 3. The van der Waals surface area contributed by atoms with Crippen molar-refractivity contribution >= 4 is 17.3 Å². The first-order valence-electron chi connectivity index (χ1n) is 5.68. The summed E-state index contributed by atoms with van der Waals surface area (Å²) in [5, 5.41) is 10.9. The summed E-state index contributed by atoms with van der Waals surface area (Å²) in [5.74, 6) is -4.12. The molecule has 2 rings (SSSR count). The van der Waals surface area contributed by atoms with E-state index in [0.717, 1.165) is 30.3 Å². The van der Waals surface area contributed by atoms with E-state index < -0.39 is 28.9 Å². The number of hydrogen-bond donors (Lipinski definition) is 2. The Hall–Kier alpha value is -3.01. The van der Waals surface area contributed by atoms with Crippen LogP contribution in [-0.4, -0.2) is 5.91 Å². The monoisotopic (exact) mass is 291 g/mol. The van der Waals surface area contributed by atoms with E-state index in [4.69, 9.17) is 11.0 Å². The van der Waals surface area contributed by atoms with Crippen LogP contribution in [-0.2, 0) is 0 Å². The molecule has 2 aromatic carbocycles. The van der Waals surface area contributed by atoms with Crippen LogP contribution < -0.4 is 11.1 Å². The van der Waals surface area contributed by atoms with Crippen LogP contribution in [0.2, 0.25) is 0 Å². The Morgan fingerprint density at radius 2 is 1.81 bits per heavy atom. The molecule has 2 aromatic rings. The van der Waals surface area contributed by atoms with Gasteiger partial charge < -0.3 is 11.1 Å². The minimum absolute atomic E-state index is 0.0270. The second-order valence-corrected chi connectivity index (χ2v) is 4.09. The average Bonchev–Trinajstić information content (AvgIpc) is 2.45. The Bertz CT molecular complexity index is 769. The van der Waals surface area contributed by atoms with Gasteiger partial charge in [0.1, 0.15) is 23.3 Å². The number of rotatable bonds is 2. The lowest BCUT2D eigenvalue weighted by atomic mass is 10.1. The van der Waals surface area contributed by atoms with Crippen molar-refractivity contribution in [3.8, 4) is 6.07 Å². The fourth-order valence-corrected chi connectivity index (χ4v) is 1.66. The van der Waals surface area contributed by atoms with Crippen molar-refractivity contribution in [1.29, 1.82) is 5.26 Å². The highest BCUT2D eigenvalue weighted by Gasteiger charge is 2.20. The van der Waals surface area contributed by atoms with E-state index >= 15 is 0 Å². The van der Waals surface area contributed by atoms with Gasteiger partial charge in [0.2, 0.25) is 0 Å². The summed E-state index contributed by atoms with van der Waals surface area (Å²) >= 11 is 0. The molecule has 0 aliphatic carbocycles. The largest absolute Gasteiger partial charge is 0.396 e. The van der Waals surface area contributed by atoms with Gasteiger partial charge >= 0.3 is 0 Å². The maximum absolute atomic E-state index is 13.7. The minimum atomic E-state index is -1.19. The third-order valence-corrected chi connectivity index (χ3v) is 2.69. The fraction of sp³-hybridized carbons (Fsp3) is 0. The second kappa shape index (κ2) is 5.54. The lowest BCUT2D eigenvalue weighted by Gasteiger charge is -2.09. The number of amides is 1. The van der Waals surface area contributed by atoms with Gasteiger partial charge in [-0.25, -0.2) is 13.2 Å². The van der Waals surface area contributed by atoms with E-state index in [0.29, 0.717) is 0 Å². The van der Waals surface area contributed by atoms with E-state index in [1.54, 1.807) is 6.07 Å². The van der Waals surface area contributed by atoms with E-state index in [9.17, 15) is 18.0 Å². The maximum Gasteiger partial charge on any atom is 0.261 e. The van der Waals surface area contributed by atoms with Gasteiger partial charge in [0, 0.05) is 5.69 Å². The number of nitrogens with zero attached hydrogens (tertiary/aromatic N) is 1. The minimum Gasteiger partial charge on any atom is -0.396 e. The molecule has 4 nitrogen and oxygen atoms in total. The number of carbonyl (C=O) groups excluding carboxylic acids is 1. The first-order chi connectivity index (χ1) is 9.93. The molecule has 106 valence electrons. The smallest absolute Gasteiger partial charge is 0.261 e. The number of anilines is 2. The average molecular weight is 291 g/mol. The molecule has 0 radical (unpaired) electrons. The molecule has 0 saturated carbocycles. The number of nitriles is 1. The van der Waals surface area contributed by atoms with E-state index in [-0.39, 0.29) is 16.9 Å². The lowest BCUT2D eigenvalue weighted by Crippen LogP contribution is -2.17. The van der Waals surface area contributed by atoms with Gasteiger partial charge in [-0.05, 0) is 30.3 Å². The highest BCUT2D eigenvalue weighted by Crippen LogP contribution is 2.21. The summed E-state index contributed by atoms with van der Waals surface area (Å²) in [6, 6.07) is 6.61. The van der Waals surface area contributed by atoms with Crippen LogP contribution in [0.3, 0.4) is 0 Å². The second-order valence-electron chi connectivity index (χ2n) is 4.09. The molecule has 0 bridgehead atoms. The number of hydrogen-bond acceptors (Lipinski definition) is 3. The van der Waals surface area contributed by atoms with Gasteiger partial charge in [-0.15, -0.1) is 0 Å². The first-order valence-corrected chi connectivity index (χ1v) is 5.68. The van der Waals surface area contributed by atoms with Crippen molar-refractivity contribution in [3.05, 3.63) is 58.9 Å². The zero-order chi connectivity index (χ0) is 15.6. The van der Waals surface area contributed by atoms with Crippen molar-refractivity contribution in [2.45, 2.75) is 0 Å². The standard InChI is InChI=1S/C14H8F3N3O/c15-9-2-1-8(5-7(9)6-18)20-14(21)12-10(16)3-4-11(19)13(12)17/h1-5H,19H2,(H,20,21).